The summed E-state index contributed by atoms with van der Waals surface area (Å²) in [5.41, 5.74) is 1.54. The van der Waals surface area contributed by atoms with E-state index in [9.17, 15) is 13.2 Å². The molecule has 2 aromatic carbocycles. The lowest BCUT2D eigenvalue weighted by Gasteiger charge is -2.25. The van der Waals surface area contributed by atoms with Gasteiger partial charge in [-0.05, 0) is 54.8 Å². The first kappa shape index (κ1) is 21.4. The van der Waals surface area contributed by atoms with Gasteiger partial charge < -0.3 is 9.08 Å². The molecule has 0 radical (unpaired) electrons. The fourth-order valence-corrected chi connectivity index (χ4v) is 3.30. The standard InChI is InChI=1S/C20H24BrNO4S/c1-4-27(24,25)26-19-11-5-16(6-12-19)14-22(13-15(2)3)20(23)17-7-9-18(21)10-8-17/h5-12,15H,4,13-14H2,1-3H3. The molecule has 0 fully saturated rings. The second kappa shape index (κ2) is 9.37. The Morgan fingerprint density at radius 1 is 1.07 bits per heavy atom. The molecular formula is C20H24BrNO4S. The number of nitrogens with zero attached hydrogens (tertiary/aromatic N) is 1. The zero-order valence-corrected chi connectivity index (χ0v) is 18.1. The summed E-state index contributed by atoms with van der Waals surface area (Å²) in [6, 6.07) is 14.1. The largest absolute Gasteiger partial charge is 0.382 e. The third-order valence-corrected chi connectivity index (χ3v) is 5.52. The van der Waals surface area contributed by atoms with E-state index in [2.05, 4.69) is 29.8 Å². The van der Waals surface area contributed by atoms with Gasteiger partial charge in [0.15, 0.2) is 0 Å². The van der Waals surface area contributed by atoms with E-state index in [-0.39, 0.29) is 17.4 Å². The summed E-state index contributed by atoms with van der Waals surface area (Å²) < 4.78 is 29.0. The molecule has 0 saturated heterocycles. The number of amides is 1. The highest BCUT2D eigenvalue weighted by Crippen LogP contribution is 2.18. The Kier molecular flexibility index (Phi) is 7.44. The Morgan fingerprint density at radius 3 is 2.19 bits per heavy atom. The van der Waals surface area contributed by atoms with E-state index in [0.717, 1.165) is 10.0 Å². The van der Waals surface area contributed by atoms with Crippen molar-refractivity contribution in [2.24, 2.45) is 5.92 Å². The predicted octanol–water partition coefficient (Wildman–Crippen LogP) is 4.48. The van der Waals surface area contributed by atoms with Gasteiger partial charge in [0.05, 0.1) is 5.75 Å². The van der Waals surface area contributed by atoms with Gasteiger partial charge in [-0.1, -0.05) is 41.9 Å². The Morgan fingerprint density at radius 2 is 1.67 bits per heavy atom. The number of carbonyl (C=O) groups excluding carboxylic acids is 1. The van der Waals surface area contributed by atoms with Crippen molar-refractivity contribution >= 4 is 32.0 Å². The summed E-state index contributed by atoms with van der Waals surface area (Å²) in [5.74, 6) is 0.473. The molecule has 7 heteroatoms. The van der Waals surface area contributed by atoms with Crippen molar-refractivity contribution in [1.82, 2.24) is 4.90 Å². The Hall–Kier alpha value is -1.86. The number of halogens is 1. The van der Waals surface area contributed by atoms with Gasteiger partial charge in [-0.3, -0.25) is 4.79 Å². The molecule has 0 aliphatic rings. The number of benzene rings is 2. The molecule has 0 saturated carbocycles. The SMILES string of the molecule is CCS(=O)(=O)Oc1ccc(CN(CC(C)C)C(=O)c2ccc(Br)cc2)cc1. The second-order valence-corrected chi connectivity index (χ2v) is 9.44. The second-order valence-electron chi connectivity index (χ2n) is 6.66. The van der Waals surface area contributed by atoms with Crippen LogP contribution in [-0.4, -0.2) is 31.5 Å². The minimum atomic E-state index is -3.55. The maximum Gasteiger partial charge on any atom is 0.308 e. The fourth-order valence-electron chi connectivity index (χ4n) is 2.51. The van der Waals surface area contributed by atoms with Gasteiger partial charge in [-0.15, -0.1) is 0 Å². The van der Waals surface area contributed by atoms with E-state index in [1.165, 1.54) is 6.92 Å². The van der Waals surface area contributed by atoms with Gasteiger partial charge in [0, 0.05) is 23.1 Å². The number of hydrogen-bond donors (Lipinski definition) is 0. The molecular weight excluding hydrogens is 430 g/mol. The van der Waals surface area contributed by atoms with Crippen molar-refractivity contribution in [3.8, 4) is 5.75 Å². The molecule has 1 amide bonds. The third kappa shape index (κ3) is 6.66. The molecule has 0 aliphatic heterocycles. The first-order valence-electron chi connectivity index (χ1n) is 8.76. The lowest BCUT2D eigenvalue weighted by Crippen LogP contribution is -2.33. The first-order chi connectivity index (χ1) is 12.7. The average molecular weight is 454 g/mol. The highest BCUT2D eigenvalue weighted by atomic mass is 79.9. The van der Waals surface area contributed by atoms with Crippen LogP contribution in [-0.2, 0) is 16.7 Å². The van der Waals surface area contributed by atoms with Crippen molar-refractivity contribution in [2.75, 3.05) is 12.3 Å². The van der Waals surface area contributed by atoms with Crippen LogP contribution in [0.25, 0.3) is 0 Å². The molecule has 0 spiro atoms. The zero-order chi connectivity index (χ0) is 20.0. The zero-order valence-electron chi connectivity index (χ0n) is 15.7. The maximum atomic E-state index is 12.9. The molecule has 5 nitrogen and oxygen atoms in total. The molecule has 0 heterocycles. The van der Waals surface area contributed by atoms with Crippen LogP contribution >= 0.6 is 15.9 Å². The van der Waals surface area contributed by atoms with Crippen LogP contribution in [0.1, 0.15) is 36.7 Å². The monoisotopic (exact) mass is 453 g/mol. The van der Waals surface area contributed by atoms with E-state index >= 15 is 0 Å². The van der Waals surface area contributed by atoms with Crippen molar-refractivity contribution in [1.29, 1.82) is 0 Å². The van der Waals surface area contributed by atoms with E-state index in [1.54, 1.807) is 41.3 Å². The molecule has 2 aromatic rings. The molecule has 27 heavy (non-hydrogen) atoms. The fraction of sp³-hybridized carbons (Fsp3) is 0.350. The lowest BCUT2D eigenvalue weighted by atomic mass is 10.1. The maximum absolute atomic E-state index is 12.9. The van der Waals surface area contributed by atoms with Crippen molar-refractivity contribution in [3.05, 3.63) is 64.1 Å². The quantitative estimate of drug-likeness (QED) is 0.552. The third-order valence-electron chi connectivity index (χ3n) is 3.84. The minimum absolute atomic E-state index is 0.0370. The Balaban J connectivity index is 2.15. The lowest BCUT2D eigenvalue weighted by molar-refractivity contribution is 0.0722. The summed E-state index contributed by atoms with van der Waals surface area (Å²) in [6.45, 7) is 6.72. The molecule has 0 unspecified atom stereocenters. The molecule has 0 atom stereocenters. The van der Waals surface area contributed by atoms with Crippen LogP contribution in [0.5, 0.6) is 5.75 Å². The van der Waals surface area contributed by atoms with E-state index in [0.29, 0.717) is 24.6 Å². The number of carbonyl (C=O) groups is 1. The smallest absolute Gasteiger partial charge is 0.308 e. The highest BCUT2D eigenvalue weighted by molar-refractivity contribution is 9.10. The number of hydrogen-bond acceptors (Lipinski definition) is 4. The van der Waals surface area contributed by atoms with Crippen LogP contribution < -0.4 is 4.18 Å². The van der Waals surface area contributed by atoms with Crippen molar-refractivity contribution in [3.63, 3.8) is 0 Å². The number of rotatable bonds is 8. The molecule has 146 valence electrons. The molecule has 0 bridgehead atoms. The van der Waals surface area contributed by atoms with Crippen LogP contribution in [0.15, 0.2) is 53.0 Å². The molecule has 2 rings (SSSR count). The van der Waals surface area contributed by atoms with Crippen molar-refractivity contribution < 1.29 is 17.4 Å². The van der Waals surface area contributed by atoms with Gasteiger partial charge in [0.1, 0.15) is 5.75 Å². The van der Waals surface area contributed by atoms with Crippen LogP contribution in [0.2, 0.25) is 0 Å². The van der Waals surface area contributed by atoms with Gasteiger partial charge in [0.25, 0.3) is 5.91 Å². The van der Waals surface area contributed by atoms with Gasteiger partial charge >= 0.3 is 10.1 Å². The summed E-state index contributed by atoms with van der Waals surface area (Å²) in [5, 5.41) is 0. The predicted molar refractivity (Wildman–Crippen MR) is 110 cm³/mol. The van der Waals surface area contributed by atoms with Crippen LogP contribution in [0.4, 0.5) is 0 Å². The Bertz CT molecular complexity index is 862. The average Bonchev–Trinajstić information content (AvgIpc) is 2.62. The summed E-state index contributed by atoms with van der Waals surface area (Å²) in [4.78, 5) is 14.7. The normalized spacial score (nSPS) is 11.4. The van der Waals surface area contributed by atoms with E-state index in [4.69, 9.17) is 4.18 Å². The minimum Gasteiger partial charge on any atom is -0.382 e. The van der Waals surface area contributed by atoms with Gasteiger partial charge in [-0.2, -0.15) is 8.42 Å². The molecule has 0 N–H and O–H groups in total. The first-order valence-corrected chi connectivity index (χ1v) is 11.1. The van der Waals surface area contributed by atoms with Gasteiger partial charge in [0.2, 0.25) is 0 Å². The van der Waals surface area contributed by atoms with E-state index in [1.807, 2.05) is 12.1 Å². The van der Waals surface area contributed by atoms with Crippen LogP contribution in [0, 0.1) is 5.92 Å². The topological polar surface area (TPSA) is 63.7 Å². The summed E-state index contributed by atoms with van der Waals surface area (Å²) >= 11 is 3.38. The van der Waals surface area contributed by atoms with Crippen molar-refractivity contribution in [2.45, 2.75) is 27.3 Å². The molecule has 0 aromatic heterocycles. The summed E-state index contributed by atoms with van der Waals surface area (Å²) in [7, 11) is -3.55. The van der Waals surface area contributed by atoms with E-state index < -0.39 is 10.1 Å². The molecule has 0 aliphatic carbocycles. The summed E-state index contributed by atoms with van der Waals surface area (Å²) in [6.07, 6.45) is 0. The Labute approximate surface area is 169 Å². The van der Waals surface area contributed by atoms with Crippen LogP contribution in [0.3, 0.4) is 0 Å². The highest BCUT2D eigenvalue weighted by Gasteiger charge is 2.18. The van der Waals surface area contributed by atoms with Gasteiger partial charge in [-0.25, -0.2) is 0 Å².